The molecule has 0 saturated carbocycles. The first-order valence-corrected chi connectivity index (χ1v) is 6.40. The van der Waals surface area contributed by atoms with Crippen LogP contribution in [0.25, 0.3) is 0 Å². The number of pyridine rings is 1. The van der Waals surface area contributed by atoms with Gasteiger partial charge in [0.25, 0.3) is 0 Å². The van der Waals surface area contributed by atoms with Crippen LogP contribution in [0.5, 0.6) is 5.75 Å². The van der Waals surface area contributed by atoms with E-state index in [4.69, 9.17) is 4.74 Å². The van der Waals surface area contributed by atoms with Gasteiger partial charge in [0.1, 0.15) is 5.75 Å². The van der Waals surface area contributed by atoms with E-state index in [-0.39, 0.29) is 0 Å². The molecule has 0 spiro atoms. The third kappa shape index (κ3) is 4.73. The summed E-state index contributed by atoms with van der Waals surface area (Å²) >= 11 is 0. The van der Waals surface area contributed by atoms with E-state index in [1.807, 2.05) is 26.2 Å². The van der Waals surface area contributed by atoms with Crippen LogP contribution in [0.3, 0.4) is 0 Å². The van der Waals surface area contributed by atoms with Crippen LogP contribution in [0.2, 0.25) is 0 Å². The van der Waals surface area contributed by atoms with E-state index in [9.17, 15) is 0 Å². The van der Waals surface area contributed by atoms with Crippen LogP contribution in [0.4, 0.5) is 0 Å². The van der Waals surface area contributed by atoms with E-state index in [1.165, 1.54) is 12.8 Å². The first-order valence-electron chi connectivity index (χ1n) is 6.40. The molecule has 0 saturated heterocycles. The summed E-state index contributed by atoms with van der Waals surface area (Å²) in [5.74, 6) is 1.57. The van der Waals surface area contributed by atoms with Gasteiger partial charge in [-0.2, -0.15) is 0 Å². The number of hydrogen-bond acceptors (Lipinski definition) is 3. The maximum absolute atomic E-state index is 5.90. The second-order valence-electron chi connectivity index (χ2n) is 4.67. The van der Waals surface area contributed by atoms with Crippen molar-refractivity contribution in [2.75, 3.05) is 13.7 Å². The summed E-state index contributed by atoms with van der Waals surface area (Å²) < 4.78 is 5.90. The van der Waals surface area contributed by atoms with Gasteiger partial charge in [0.05, 0.1) is 6.61 Å². The fraction of sp³-hybridized carbons (Fsp3) is 0.643. The van der Waals surface area contributed by atoms with Crippen LogP contribution in [0.15, 0.2) is 12.3 Å². The van der Waals surface area contributed by atoms with Gasteiger partial charge in [0.15, 0.2) is 0 Å². The molecule has 0 aliphatic rings. The molecule has 1 rings (SSSR count). The van der Waals surface area contributed by atoms with Crippen molar-refractivity contribution in [3.63, 3.8) is 0 Å². The monoisotopic (exact) mass is 236 g/mol. The molecule has 96 valence electrons. The van der Waals surface area contributed by atoms with E-state index >= 15 is 0 Å². The van der Waals surface area contributed by atoms with Gasteiger partial charge in [-0.05, 0) is 26.3 Å². The Morgan fingerprint density at radius 3 is 2.88 bits per heavy atom. The zero-order chi connectivity index (χ0) is 12.7. The van der Waals surface area contributed by atoms with E-state index in [2.05, 4.69) is 24.1 Å². The van der Waals surface area contributed by atoms with Crippen molar-refractivity contribution in [3.8, 4) is 5.75 Å². The lowest BCUT2D eigenvalue weighted by Crippen LogP contribution is -2.12. The van der Waals surface area contributed by atoms with Gasteiger partial charge in [-0.25, -0.2) is 0 Å². The van der Waals surface area contributed by atoms with E-state index in [0.717, 1.165) is 30.2 Å². The third-order valence-electron chi connectivity index (χ3n) is 2.75. The average Bonchev–Trinajstić information content (AvgIpc) is 2.30. The van der Waals surface area contributed by atoms with Crippen LogP contribution in [-0.2, 0) is 6.54 Å². The van der Waals surface area contributed by atoms with Gasteiger partial charge in [-0.1, -0.05) is 20.3 Å². The van der Waals surface area contributed by atoms with Crippen LogP contribution >= 0.6 is 0 Å². The predicted octanol–water partition coefficient (Wildman–Crippen LogP) is 2.92. The quantitative estimate of drug-likeness (QED) is 0.790. The molecule has 17 heavy (non-hydrogen) atoms. The molecule has 0 aliphatic heterocycles. The van der Waals surface area contributed by atoms with E-state index in [0.29, 0.717) is 5.92 Å². The molecule has 0 aliphatic carbocycles. The van der Waals surface area contributed by atoms with E-state index in [1.54, 1.807) is 0 Å². The maximum atomic E-state index is 5.90. The number of hydrogen-bond donors (Lipinski definition) is 1. The van der Waals surface area contributed by atoms with Gasteiger partial charge in [-0.15, -0.1) is 0 Å². The minimum Gasteiger partial charge on any atom is -0.493 e. The summed E-state index contributed by atoms with van der Waals surface area (Å²) in [6, 6.07) is 2.02. The number of rotatable bonds is 7. The fourth-order valence-corrected chi connectivity index (χ4v) is 1.83. The third-order valence-corrected chi connectivity index (χ3v) is 2.75. The molecule has 3 nitrogen and oxygen atoms in total. The van der Waals surface area contributed by atoms with Gasteiger partial charge < -0.3 is 10.1 Å². The molecule has 1 heterocycles. The van der Waals surface area contributed by atoms with Crippen LogP contribution in [0.1, 0.15) is 37.9 Å². The van der Waals surface area contributed by atoms with Crippen molar-refractivity contribution >= 4 is 0 Å². The summed E-state index contributed by atoms with van der Waals surface area (Å²) in [6.07, 6.45) is 4.32. The highest BCUT2D eigenvalue weighted by Crippen LogP contribution is 2.20. The van der Waals surface area contributed by atoms with Gasteiger partial charge in [0.2, 0.25) is 0 Å². The van der Waals surface area contributed by atoms with Gasteiger partial charge in [0, 0.05) is 30.1 Å². The zero-order valence-corrected chi connectivity index (χ0v) is 11.4. The largest absolute Gasteiger partial charge is 0.493 e. The highest BCUT2D eigenvalue weighted by Gasteiger charge is 2.07. The Hall–Kier alpha value is -1.09. The second-order valence-corrected chi connectivity index (χ2v) is 4.67. The zero-order valence-electron chi connectivity index (χ0n) is 11.4. The Morgan fingerprint density at radius 1 is 1.47 bits per heavy atom. The van der Waals surface area contributed by atoms with Gasteiger partial charge in [-0.3, -0.25) is 4.98 Å². The minimum absolute atomic E-state index is 0.607. The van der Waals surface area contributed by atoms with Crippen molar-refractivity contribution < 1.29 is 4.74 Å². The molecular formula is C14H24N2O. The topological polar surface area (TPSA) is 34.1 Å². The first kappa shape index (κ1) is 14.0. The van der Waals surface area contributed by atoms with Crippen LogP contribution in [0, 0.1) is 12.8 Å². The van der Waals surface area contributed by atoms with E-state index < -0.39 is 0 Å². The van der Waals surface area contributed by atoms with Crippen molar-refractivity contribution in [1.29, 1.82) is 0 Å². The Kier molecular flexibility index (Phi) is 5.98. The standard InChI is InChI=1S/C14H24N2O/c1-5-6-11(2)10-17-14-7-12(3)16-9-13(14)8-15-4/h7,9,11,15H,5-6,8,10H2,1-4H3. The number of aromatic nitrogens is 1. The highest BCUT2D eigenvalue weighted by atomic mass is 16.5. The Balaban J connectivity index is 2.64. The molecule has 1 aromatic rings. The molecule has 0 fully saturated rings. The average molecular weight is 236 g/mol. The Labute approximate surface area is 105 Å². The fourth-order valence-electron chi connectivity index (χ4n) is 1.83. The molecule has 0 bridgehead atoms. The number of aryl methyl sites for hydroxylation is 1. The lowest BCUT2D eigenvalue weighted by Gasteiger charge is -2.15. The molecule has 1 N–H and O–H groups in total. The smallest absolute Gasteiger partial charge is 0.127 e. The Bertz CT molecular complexity index is 339. The van der Waals surface area contributed by atoms with Crippen molar-refractivity contribution in [1.82, 2.24) is 10.3 Å². The predicted molar refractivity (Wildman–Crippen MR) is 71.3 cm³/mol. The maximum Gasteiger partial charge on any atom is 0.127 e. The second kappa shape index (κ2) is 7.28. The van der Waals surface area contributed by atoms with Crippen molar-refractivity contribution in [2.45, 2.75) is 40.2 Å². The number of nitrogens with zero attached hydrogens (tertiary/aromatic N) is 1. The molecule has 0 aromatic carbocycles. The summed E-state index contributed by atoms with van der Waals surface area (Å²) in [5, 5.41) is 3.14. The lowest BCUT2D eigenvalue weighted by atomic mass is 10.1. The summed E-state index contributed by atoms with van der Waals surface area (Å²) in [7, 11) is 1.93. The number of ether oxygens (including phenoxy) is 1. The number of nitrogens with one attached hydrogen (secondary N) is 1. The molecule has 3 heteroatoms. The summed E-state index contributed by atoms with van der Waals surface area (Å²) in [6.45, 7) is 8.01. The lowest BCUT2D eigenvalue weighted by molar-refractivity contribution is 0.248. The SMILES string of the molecule is CCCC(C)COc1cc(C)ncc1CNC. The van der Waals surface area contributed by atoms with Gasteiger partial charge >= 0.3 is 0 Å². The molecule has 1 unspecified atom stereocenters. The molecular weight excluding hydrogens is 212 g/mol. The van der Waals surface area contributed by atoms with Crippen molar-refractivity contribution in [2.24, 2.45) is 5.92 Å². The summed E-state index contributed by atoms with van der Waals surface area (Å²) in [5.41, 5.74) is 2.13. The first-order chi connectivity index (χ1) is 8.17. The molecule has 1 aromatic heterocycles. The van der Waals surface area contributed by atoms with Crippen LogP contribution < -0.4 is 10.1 Å². The minimum atomic E-state index is 0.607. The van der Waals surface area contributed by atoms with Crippen LogP contribution in [-0.4, -0.2) is 18.6 Å². The van der Waals surface area contributed by atoms with Crippen molar-refractivity contribution in [3.05, 3.63) is 23.5 Å². The Morgan fingerprint density at radius 2 is 2.24 bits per heavy atom. The summed E-state index contributed by atoms with van der Waals surface area (Å²) in [4.78, 5) is 4.30. The molecule has 0 amide bonds. The molecule has 0 radical (unpaired) electrons. The normalized spacial score (nSPS) is 12.5. The highest BCUT2D eigenvalue weighted by molar-refractivity contribution is 5.32. The molecule has 1 atom stereocenters.